The van der Waals surface area contributed by atoms with Crippen molar-refractivity contribution < 1.29 is 13.9 Å². The van der Waals surface area contributed by atoms with Crippen LogP contribution in [0.4, 0.5) is 4.39 Å². The number of carbonyl (C=O) groups is 1. The number of amides is 1. The van der Waals surface area contributed by atoms with Crippen molar-refractivity contribution in [1.29, 1.82) is 0 Å². The molecule has 1 N–H and O–H groups in total. The second-order valence-corrected chi connectivity index (χ2v) is 7.34. The fraction of sp³-hybridized carbons (Fsp3) is 0.227. The fourth-order valence-corrected chi connectivity index (χ4v) is 3.69. The average molecular weight is 383 g/mol. The SMILES string of the molecule is COc1ccc(CSCC(=O)NC(C)c2ccc3ccccc3c2)cc1F. The van der Waals surface area contributed by atoms with E-state index in [1.165, 1.54) is 30.3 Å². The largest absolute Gasteiger partial charge is 0.494 e. The Morgan fingerprint density at radius 1 is 1.11 bits per heavy atom. The summed E-state index contributed by atoms with van der Waals surface area (Å²) >= 11 is 1.46. The molecule has 3 aromatic rings. The lowest BCUT2D eigenvalue weighted by atomic mass is 10.0. The van der Waals surface area contributed by atoms with Gasteiger partial charge in [0.05, 0.1) is 18.9 Å². The van der Waals surface area contributed by atoms with E-state index >= 15 is 0 Å². The van der Waals surface area contributed by atoms with Crippen LogP contribution in [-0.4, -0.2) is 18.8 Å². The first-order valence-electron chi connectivity index (χ1n) is 8.75. The average Bonchev–Trinajstić information content (AvgIpc) is 2.67. The highest BCUT2D eigenvalue weighted by molar-refractivity contribution is 7.99. The maximum atomic E-state index is 13.7. The van der Waals surface area contributed by atoms with E-state index in [9.17, 15) is 9.18 Å². The van der Waals surface area contributed by atoms with E-state index in [1.807, 2.05) is 31.2 Å². The molecule has 140 valence electrons. The summed E-state index contributed by atoms with van der Waals surface area (Å²) in [7, 11) is 1.44. The molecule has 0 aliphatic rings. The summed E-state index contributed by atoms with van der Waals surface area (Å²) in [5, 5.41) is 5.36. The number of carbonyl (C=O) groups excluding carboxylic acids is 1. The molecular weight excluding hydrogens is 361 g/mol. The first-order chi connectivity index (χ1) is 13.1. The number of ether oxygens (including phenoxy) is 1. The van der Waals surface area contributed by atoms with E-state index < -0.39 is 0 Å². The van der Waals surface area contributed by atoms with E-state index in [2.05, 4.69) is 29.6 Å². The smallest absolute Gasteiger partial charge is 0.230 e. The Bertz CT molecular complexity index is 944. The molecule has 0 saturated carbocycles. The molecule has 0 spiro atoms. The summed E-state index contributed by atoms with van der Waals surface area (Å²) in [4.78, 5) is 12.2. The van der Waals surface area contributed by atoms with Crippen LogP contribution < -0.4 is 10.1 Å². The van der Waals surface area contributed by atoms with Crippen molar-refractivity contribution in [3.05, 3.63) is 77.6 Å². The van der Waals surface area contributed by atoms with Crippen LogP contribution in [0, 0.1) is 5.82 Å². The number of methoxy groups -OCH3 is 1. The van der Waals surface area contributed by atoms with Gasteiger partial charge in [-0.3, -0.25) is 4.79 Å². The molecule has 1 amide bonds. The molecule has 0 radical (unpaired) electrons. The van der Waals surface area contributed by atoms with Crippen molar-refractivity contribution in [2.24, 2.45) is 0 Å². The number of fused-ring (bicyclic) bond motifs is 1. The van der Waals surface area contributed by atoms with Crippen LogP contribution in [0.3, 0.4) is 0 Å². The highest BCUT2D eigenvalue weighted by atomic mass is 32.2. The van der Waals surface area contributed by atoms with Crippen LogP contribution in [0.1, 0.15) is 24.1 Å². The molecule has 0 bridgehead atoms. The zero-order valence-electron chi connectivity index (χ0n) is 15.4. The van der Waals surface area contributed by atoms with Gasteiger partial charge in [0.2, 0.25) is 5.91 Å². The molecule has 3 nitrogen and oxygen atoms in total. The topological polar surface area (TPSA) is 38.3 Å². The monoisotopic (exact) mass is 383 g/mol. The summed E-state index contributed by atoms with van der Waals surface area (Å²) in [5.41, 5.74) is 1.90. The van der Waals surface area contributed by atoms with Crippen LogP contribution in [-0.2, 0) is 10.5 Å². The van der Waals surface area contributed by atoms with Gasteiger partial charge in [-0.05, 0) is 47.0 Å². The first kappa shape index (κ1) is 19.2. The van der Waals surface area contributed by atoms with Gasteiger partial charge in [0.25, 0.3) is 0 Å². The number of thioether (sulfide) groups is 1. The standard InChI is InChI=1S/C22H22FNO2S/c1-15(18-9-8-17-5-3-4-6-19(17)12-18)24-22(25)14-27-13-16-7-10-21(26-2)20(23)11-16/h3-12,15H,13-14H2,1-2H3,(H,24,25). The van der Waals surface area contributed by atoms with Gasteiger partial charge in [0.15, 0.2) is 11.6 Å². The van der Waals surface area contributed by atoms with Gasteiger partial charge in [-0.2, -0.15) is 0 Å². The number of hydrogen-bond acceptors (Lipinski definition) is 3. The van der Waals surface area contributed by atoms with Crippen molar-refractivity contribution in [2.75, 3.05) is 12.9 Å². The normalized spacial score (nSPS) is 12.0. The molecule has 3 rings (SSSR count). The second kappa shape index (κ2) is 8.91. The van der Waals surface area contributed by atoms with Crippen LogP contribution in [0.25, 0.3) is 10.8 Å². The molecule has 27 heavy (non-hydrogen) atoms. The minimum atomic E-state index is -0.384. The van der Waals surface area contributed by atoms with Gasteiger partial charge >= 0.3 is 0 Å². The fourth-order valence-electron chi connectivity index (χ4n) is 2.90. The van der Waals surface area contributed by atoms with Crippen molar-refractivity contribution in [1.82, 2.24) is 5.32 Å². The number of halogens is 1. The van der Waals surface area contributed by atoms with E-state index in [-0.39, 0.29) is 23.5 Å². The number of rotatable bonds is 7. The Kier molecular flexibility index (Phi) is 6.35. The summed E-state index contributed by atoms with van der Waals surface area (Å²) in [6, 6.07) is 19.2. The van der Waals surface area contributed by atoms with Gasteiger partial charge in [0, 0.05) is 5.75 Å². The highest BCUT2D eigenvalue weighted by Gasteiger charge is 2.11. The zero-order chi connectivity index (χ0) is 19.2. The Balaban J connectivity index is 1.51. The second-order valence-electron chi connectivity index (χ2n) is 6.36. The third kappa shape index (κ3) is 5.01. The van der Waals surface area contributed by atoms with E-state index in [0.29, 0.717) is 11.5 Å². The van der Waals surface area contributed by atoms with Crippen LogP contribution >= 0.6 is 11.8 Å². The van der Waals surface area contributed by atoms with Crippen molar-refractivity contribution >= 4 is 28.4 Å². The maximum Gasteiger partial charge on any atom is 0.230 e. The molecule has 1 unspecified atom stereocenters. The highest BCUT2D eigenvalue weighted by Crippen LogP contribution is 2.22. The summed E-state index contributed by atoms with van der Waals surface area (Å²) in [6.45, 7) is 1.98. The number of hydrogen-bond donors (Lipinski definition) is 1. The maximum absolute atomic E-state index is 13.7. The van der Waals surface area contributed by atoms with Gasteiger partial charge in [-0.25, -0.2) is 4.39 Å². The lowest BCUT2D eigenvalue weighted by molar-refractivity contribution is -0.119. The Morgan fingerprint density at radius 2 is 1.89 bits per heavy atom. The molecule has 0 aliphatic heterocycles. The third-order valence-electron chi connectivity index (χ3n) is 4.37. The van der Waals surface area contributed by atoms with E-state index in [0.717, 1.165) is 16.5 Å². The predicted octanol–water partition coefficient (Wildman–Crippen LogP) is 5.10. The van der Waals surface area contributed by atoms with E-state index in [1.54, 1.807) is 6.07 Å². The first-order valence-corrected chi connectivity index (χ1v) is 9.90. The lowest BCUT2D eigenvalue weighted by Crippen LogP contribution is -2.28. The van der Waals surface area contributed by atoms with Crippen molar-refractivity contribution in [3.8, 4) is 5.75 Å². The minimum Gasteiger partial charge on any atom is -0.494 e. The lowest BCUT2D eigenvalue weighted by Gasteiger charge is -2.15. The Hall–Kier alpha value is -2.53. The summed E-state index contributed by atoms with van der Waals surface area (Å²) < 4.78 is 18.6. The molecule has 0 heterocycles. The van der Waals surface area contributed by atoms with Gasteiger partial charge < -0.3 is 10.1 Å². The quantitative estimate of drug-likeness (QED) is 0.617. The zero-order valence-corrected chi connectivity index (χ0v) is 16.2. The molecular formula is C22H22FNO2S. The third-order valence-corrected chi connectivity index (χ3v) is 5.37. The van der Waals surface area contributed by atoms with Crippen molar-refractivity contribution in [3.63, 3.8) is 0 Å². The Labute approximate surface area is 162 Å². The van der Waals surface area contributed by atoms with Gasteiger partial charge in [-0.1, -0.05) is 42.5 Å². The minimum absolute atomic E-state index is 0.0327. The molecule has 0 aliphatic carbocycles. The van der Waals surface area contributed by atoms with Crippen molar-refractivity contribution in [2.45, 2.75) is 18.7 Å². The molecule has 5 heteroatoms. The molecule has 1 atom stereocenters. The number of benzene rings is 3. The van der Waals surface area contributed by atoms with Gasteiger partial charge in [0.1, 0.15) is 0 Å². The predicted molar refractivity (Wildman–Crippen MR) is 110 cm³/mol. The molecule has 0 fully saturated rings. The summed E-state index contributed by atoms with van der Waals surface area (Å²) in [6.07, 6.45) is 0. The summed E-state index contributed by atoms with van der Waals surface area (Å²) in [5.74, 6) is 0.704. The molecule has 3 aromatic carbocycles. The molecule has 0 saturated heterocycles. The van der Waals surface area contributed by atoms with Crippen LogP contribution in [0.2, 0.25) is 0 Å². The Morgan fingerprint density at radius 3 is 2.63 bits per heavy atom. The molecule has 0 aromatic heterocycles. The van der Waals surface area contributed by atoms with Gasteiger partial charge in [-0.15, -0.1) is 11.8 Å². The van der Waals surface area contributed by atoms with Crippen LogP contribution in [0.15, 0.2) is 60.7 Å². The number of nitrogens with one attached hydrogen (secondary N) is 1. The van der Waals surface area contributed by atoms with E-state index in [4.69, 9.17) is 4.74 Å². The van der Waals surface area contributed by atoms with Crippen LogP contribution in [0.5, 0.6) is 5.75 Å².